The lowest BCUT2D eigenvalue weighted by Gasteiger charge is -2.16. The Morgan fingerprint density at radius 2 is 1.95 bits per heavy atom. The molecule has 7 nitrogen and oxygen atoms in total. The molecule has 0 radical (unpaired) electrons. The average molecular weight is 311 g/mol. The molecule has 1 atom stereocenters. The molecule has 0 bridgehead atoms. The first-order valence-corrected chi connectivity index (χ1v) is 8.00. The first-order valence-electron chi connectivity index (χ1n) is 6.52. The third kappa shape index (κ3) is 3.06. The minimum atomic E-state index is -3.65. The molecule has 1 heterocycles. The van der Waals surface area contributed by atoms with Crippen molar-refractivity contribution in [2.24, 2.45) is 0 Å². The lowest BCUT2D eigenvalue weighted by molar-refractivity contribution is -0.136. The summed E-state index contributed by atoms with van der Waals surface area (Å²) in [6, 6.07) is 5.55. The van der Waals surface area contributed by atoms with Crippen LogP contribution in [0.4, 0.5) is 5.69 Å². The summed E-state index contributed by atoms with van der Waals surface area (Å²) in [5.74, 6) is -0.653. The number of amides is 2. The monoisotopic (exact) mass is 311 g/mol. The molecule has 1 aromatic carbocycles. The Bertz CT molecular complexity index is 672. The number of hydrogen-bond acceptors (Lipinski definition) is 5. The van der Waals surface area contributed by atoms with E-state index in [2.05, 4.69) is 10.0 Å². The molecule has 114 valence electrons. The van der Waals surface area contributed by atoms with Crippen molar-refractivity contribution < 1.29 is 18.0 Å². The number of sulfonamides is 1. The van der Waals surface area contributed by atoms with Crippen LogP contribution in [0.3, 0.4) is 0 Å². The molecule has 0 spiro atoms. The normalized spacial score (nSPS) is 19.1. The number of rotatable bonds is 5. The topological polar surface area (TPSA) is 95.6 Å². The standard InChI is InChI=1S/C13H17N3O4S/c1-3-14-21(19,20)11-7-5-4-6-9(11)15-10-8-12(17)16(2)13(10)18/h4-7,10,14-15H,3,8H2,1-2H3. The van der Waals surface area contributed by atoms with Gasteiger partial charge in [-0.3, -0.25) is 14.5 Å². The smallest absolute Gasteiger partial charge is 0.251 e. The van der Waals surface area contributed by atoms with Crippen molar-refractivity contribution in [1.82, 2.24) is 9.62 Å². The van der Waals surface area contributed by atoms with Gasteiger partial charge in [-0.1, -0.05) is 19.1 Å². The fourth-order valence-electron chi connectivity index (χ4n) is 2.14. The summed E-state index contributed by atoms with van der Waals surface area (Å²) in [5.41, 5.74) is 0.305. The van der Waals surface area contributed by atoms with E-state index in [0.29, 0.717) is 5.69 Å². The van der Waals surface area contributed by atoms with Gasteiger partial charge >= 0.3 is 0 Å². The molecule has 21 heavy (non-hydrogen) atoms. The maximum absolute atomic E-state index is 12.1. The van der Waals surface area contributed by atoms with Gasteiger partial charge in [0, 0.05) is 13.6 Å². The van der Waals surface area contributed by atoms with Crippen LogP contribution in [0.15, 0.2) is 29.2 Å². The Labute approximate surface area is 123 Å². The lowest BCUT2D eigenvalue weighted by Crippen LogP contribution is -2.32. The number of carbonyl (C=O) groups excluding carboxylic acids is 2. The van der Waals surface area contributed by atoms with Crippen LogP contribution in [0.1, 0.15) is 13.3 Å². The minimum Gasteiger partial charge on any atom is -0.372 e. The van der Waals surface area contributed by atoms with Crippen LogP contribution in [-0.2, 0) is 19.6 Å². The first-order chi connectivity index (χ1) is 9.86. The number of likely N-dealkylation sites (tertiary alicyclic amines) is 1. The number of carbonyl (C=O) groups is 2. The molecule has 0 aromatic heterocycles. The molecule has 0 saturated carbocycles. The minimum absolute atomic E-state index is 0.0188. The van der Waals surface area contributed by atoms with E-state index in [1.807, 2.05) is 0 Å². The molecular weight excluding hydrogens is 294 g/mol. The van der Waals surface area contributed by atoms with Gasteiger partial charge in [0.05, 0.1) is 12.1 Å². The maximum Gasteiger partial charge on any atom is 0.251 e. The number of imide groups is 1. The molecule has 2 amide bonds. The van der Waals surface area contributed by atoms with E-state index in [0.717, 1.165) is 4.90 Å². The molecule has 1 aliphatic heterocycles. The van der Waals surface area contributed by atoms with Gasteiger partial charge in [0.25, 0.3) is 5.91 Å². The van der Waals surface area contributed by atoms with Gasteiger partial charge in [0.1, 0.15) is 10.9 Å². The number of benzene rings is 1. The molecule has 0 aliphatic carbocycles. The third-order valence-electron chi connectivity index (χ3n) is 3.22. The quantitative estimate of drug-likeness (QED) is 0.755. The summed E-state index contributed by atoms with van der Waals surface area (Å²) in [5, 5.41) is 2.85. The van der Waals surface area contributed by atoms with E-state index in [4.69, 9.17) is 0 Å². The molecule has 1 aliphatic rings. The second-order valence-corrected chi connectivity index (χ2v) is 6.42. The highest BCUT2D eigenvalue weighted by Crippen LogP contribution is 2.24. The summed E-state index contributed by atoms with van der Waals surface area (Å²) < 4.78 is 26.6. The summed E-state index contributed by atoms with van der Waals surface area (Å²) in [4.78, 5) is 24.5. The summed E-state index contributed by atoms with van der Waals surface area (Å²) in [6.45, 7) is 1.95. The van der Waals surface area contributed by atoms with Gasteiger partial charge < -0.3 is 5.32 Å². The van der Waals surface area contributed by atoms with E-state index >= 15 is 0 Å². The maximum atomic E-state index is 12.1. The number of anilines is 1. The van der Waals surface area contributed by atoms with Crippen molar-refractivity contribution in [3.63, 3.8) is 0 Å². The molecule has 1 fully saturated rings. The average Bonchev–Trinajstić information content (AvgIpc) is 2.67. The molecule has 1 aromatic rings. The lowest BCUT2D eigenvalue weighted by atomic mass is 10.2. The summed E-state index contributed by atoms with van der Waals surface area (Å²) >= 11 is 0. The van der Waals surface area contributed by atoms with Crippen LogP contribution in [0.2, 0.25) is 0 Å². The van der Waals surface area contributed by atoms with E-state index in [9.17, 15) is 18.0 Å². The van der Waals surface area contributed by atoms with E-state index in [1.165, 1.54) is 13.1 Å². The largest absolute Gasteiger partial charge is 0.372 e. The highest BCUT2D eigenvalue weighted by atomic mass is 32.2. The Kier molecular flexibility index (Phi) is 4.29. The number of likely N-dealkylation sites (N-methyl/N-ethyl adjacent to an activating group) is 1. The second kappa shape index (κ2) is 5.82. The fourth-order valence-corrected chi connectivity index (χ4v) is 3.35. The van der Waals surface area contributed by atoms with Crippen molar-refractivity contribution in [2.75, 3.05) is 18.9 Å². The third-order valence-corrected chi connectivity index (χ3v) is 4.83. The summed E-state index contributed by atoms with van der Waals surface area (Å²) in [6.07, 6.45) is 0.0188. The van der Waals surface area contributed by atoms with Gasteiger partial charge in [0.2, 0.25) is 15.9 Å². The molecule has 2 N–H and O–H groups in total. The number of hydrogen-bond donors (Lipinski definition) is 2. The van der Waals surface area contributed by atoms with Crippen molar-refractivity contribution in [3.8, 4) is 0 Å². The molecule has 8 heteroatoms. The first kappa shape index (κ1) is 15.5. The molecule has 2 rings (SSSR count). The van der Waals surface area contributed by atoms with Gasteiger partial charge in [0.15, 0.2) is 0 Å². The number of para-hydroxylation sites is 1. The van der Waals surface area contributed by atoms with Gasteiger partial charge in [-0.05, 0) is 12.1 Å². The Morgan fingerprint density at radius 1 is 1.29 bits per heavy atom. The zero-order chi connectivity index (χ0) is 15.6. The van der Waals surface area contributed by atoms with Gasteiger partial charge in [-0.15, -0.1) is 0 Å². The molecular formula is C13H17N3O4S. The highest BCUT2D eigenvalue weighted by Gasteiger charge is 2.36. The van der Waals surface area contributed by atoms with Crippen molar-refractivity contribution >= 4 is 27.5 Å². The predicted molar refractivity (Wildman–Crippen MR) is 77.1 cm³/mol. The van der Waals surface area contributed by atoms with Crippen LogP contribution < -0.4 is 10.0 Å². The number of nitrogens with zero attached hydrogens (tertiary/aromatic N) is 1. The van der Waals surface area contributed by atoms with Crippen molar-refractivity contribution in [2.45, 2.75) is 24.3 Å². The SMILES string of the molecule is CCNS(=O)(=O)c1ccccc1NC1CC(=O)N(C)C1=O. The molecule has 1 unspecified atom stereocenters. The molecule has 1 saturated heterocycles. The van der Waals surface area contributed by atoms with Crippen LogP contribution in [0, 0.1) is 0 Å². The predicted octanol–water partition coefficient (Wildman–Crippen LogP) is 0.154. The fraction of sp³-hybridized carbons (Fsp3) is 0.385. The van der Waals surface area contributed by atoms with Crippen LogP contribution in [-0.4, -0.2) is 44.8 Å². The zero-order valence-corrected chi connectivity index (χ0v) is 12.6. The number of nitrogens with one attached hydrogen (secondary N) is 2. The highest BCUT2D eigenvalue weighted by molar-refractivity contribution is 7.89. The second-order valence-electron chi connectivity index (χ2n) is 4.69. The zero-order valence-electron chi connectivity index (χ0n) is 11.8. The van der Waals surface area contributed by atoms with Gasteiger partial charge in [-0.25, -0.2) is 13.1 Å². The van der Waals surface area contributed by atoms with Crippen molar-refractivity contribution in [1.29, 1.82) is 0 Å². The van der Waals surface area contributed by atoms with Crippen LogP contribution in [0.25, 0.3) is 0 Å². The van der Waals surface area contributed by atoms with E-state index in [-0.39, 0.29) is 29.7 Å². The van der Waals surface area contributed by atoms with Crippen LogP contribution in [0.5, 0.6) is 0 Å². The van der Waals surface area contributed by atoms with Crippen LogP contribution >= 0.6 is 0 Å². The summed E-state index contributed by atoms with van der Waals surface area (Å²) in [7, 11) is -2.24. The Hall–Kier alpha value is -1.93. The van der Waals surface area contributed by atoms with Gasteiger partial charge in [-0.2, -0.15) is 0 Å². The van der Waals surface area contributed by atoms with Crippen molar-refractivity contribution in [3.05, 3.63) is 24.3 Å². The Morgan fingerprint density at radius 3 is 2.52 bits per heavy atom. The van der Waals surface area contributed by atoms with E-state index in [1.54, 1.807) is 25.1 Å². The van der Waals surface area contributed by atoms with E-state index < -0.39 is 16.1 Å². The Balaban J connectivity index is 2.30.